The average Bonchev–Trinajstić information content (AvgIpc) is 2.25. The van der Waals surface area contributed by atoms with Gasteiger partial charge in [-0.3, -0.25) is 0 Å². The molecule has 0 fully saturated rings. The van der Waals surface area contributed by atoms with E-state index in [0.29, 0.717) is 5.41 Å². The molecule has 2 nitrogen and oxygen atoms in total. The van der Waals surface area contributed by atoms with Gasteiger partial charge in [-0.25, -0.2) is 0 Å². The standard InChI is InChI=1S/C12H28N2S/c1-6-12(7-2,10-13-3)11-14(4)8-9-15-5/h13H,6-11H2,1-5H3. The highest BCUT2D eigenvalue weighted by molar-refractivity contribution is 7.98. The highest BCUT2D eigenvalue weighted by Gasteiger charge is 2.26. The van der Waals surface area contributed by atoms with Gasteiger partial charge in [-0.2, -0.15) is 11.8 Å². The number of nitrogens with one attached hydrogen (secondary N) is 1. The van der Waals surface area contributed by atoms with E-state index in [1.807, 2.05) is 11.8 Å². The quantitative estimate of drug-likeness (QED) is 0.657. The highest BCUT2D eigenvalue weighted by atomic mass is 32.2. The molecule has 0 aromatic rings. The molecule has 1 N–H and O–H groups in total. The summed E-state index contributed by atoms with van der Waals surface area (Å²) in [4.78, 5) is 2.47. The Kier molecular flexibility index (Phi) is 8.58. The number of hydrogen-bond donors (Lipinski definition) is 1. The SMILES string of the molecule is CCC(CC)(CNC)CN(C)CCSC. The molecule has 0 radical (unpaired) electrons. The Balaban J connectivity index is 4.13. The van der Waals surface area contributed by atoms with Gasteiger partial charge < -0.3 is 10.2 Å². The number of rotatable bonds is 9. The largest absolute Gasteiger partial charge is 0.319 e. The smallest absolute Gasteiger partial charge is 0.00694 e. The van der Waals surface area contributed by atoms with E-state index in [2.05, 4.69) is 44.4 Å². The Hall–Kier alpha value is 0.270. The molecule has 0 aliphatic heterocycles. The average molecular weight is 232 g/mol. The van der Waals surface area contributed by atoms with E-state index < -0.39 is 0 Å². The molecule has 0 spiro atoms. The monoisotopic (exact) mass is 232 g/mol. The van der Waals surface area contributed by atoms with Crippen LogP contribution in [0.15, 0.2) is 0 Å². The lowest BCUT2D eigenvalue weighted by Crippen LogP contribution is -2.42. The van der Waals surface area contributed by atoms with E-state index in [1.165, 1.54) is 31.7 Å². The van der Waals surface area contributed by atoms with Crippen LogP contribution in [0, 0.1) is 5.41 Å². The van der Waals surface area contributed by atoms with Gasteiger partial charge in [0.15, 0.2) is 0 Å². The minimum absolute atomic E-state index is 0.460. The molecule has 0 aromatic carbocycles. The highest BCUT2D eigenvalue weighted by Crippen LogP contribution is 2.26. The first-order valence-corrected chi connectivity index (χ1v) is 7.35. The first kappa shape index (κ1) is 15.3. The van der Waals surface area contributed by atoms with Crippen molar-refractivity contribution in [3.8, 4) is 0 Å². The molecule has 0 bridgehead atoms. The molecular formula is C12H28N2S. The Morgan fingerprint density at radius 3 is 2.27 bits per heavy atom. The minimum Gasteiger partial charge on any atom is -0.319 e. The van der Waals surface area contributed by atoms with E-state index in [0.717, 1.165) is 6.54 Å². The van der Waals surface area contributed by atoms with Crippen molar-refractivity contribution in [2.45, 2.75) is 26.7 Å². The van der Waals surface area contributed by atoms with Crippen molar-refractivity contribution in [1.29, 1.82) is 0 Å². The third kappa shape index (κ3) is 5.79. The van der Waals surface area contributed by atoms with Crippen LogP contribution in [0.25, 0.3) is 0 Å². The van der Waals surface area contributed by atoms with Crippen LogP contribution in [0.4, 0.5) is 0 Å². The lowest BCUT2D eigenvalue weighted by atomic mass is 9.81. The van der Waals surface area contributed by atoms with E-state index in [-0.39, 0.29) is 0 Å². The molecule has 92 valence electrons. The molecular weight excluding hydrogens is 204 g/mol. The molecule has 0 aliphatic rings. The maximum absolute atomic E-state index is 3.34. The van der Waals surface area contributed by atoms with Gasteiger partial charge in [-0.05, 0) is 38.6 Å². The fourth-order valence-electron chi connectivity index (χ4n) is 2.05. The van der Waals surface area contributed by atoms with Crippen LogP contribution < -0.4 is 5.32 Å². The summed E-state index contributed by atoms with van der Waals surface area (Å²) in [7, 11) is 4.30. The molecule has 0 aromatic heterocycles. The van der Waals surface area contributed by atoms with Crippen LogP contribution in [0.5, 0.6) is 0 Å². The van der Waals surface area contributed by atoms with Gasteiger partial charge in [-0.1, -0.05) is 13.8 Å². The second kappa shape index (κ2) is 8.43. The molecule has 0 rings (SSSR count). The van der Waals surface area contributed by atoms with Gasteiger partial charge in [0.25, 0.3) is 0 Å². The van der Waals surface area contributed by atoms with Crippen LogP contribution >= 0.6 is 11.8 Å². The van der Waals surface area contributed by atoms with Crippen LogP contribution in [-0.4, -0.2) is 50.6 Å². The van der Waals surface area contributed by atoms with Gasteiger partial charge in [0, 0.05) is 25.4 Å². The molecule has 0 atom stereocenters. The Bertz CT molecular complexity index is 147. The van der Waals surface area contributed by atoms with Crippen molar-refractivity contribution in [3.05, 3.63) is 0 Å². The molecule has 0 unspecified atom stereocenters. The number of nitrogens with zero attached hydrogens (tertiary/aromatic N) is 1. The summed E-state index contributed by atoms with van der Waals surface area (Å²) >= 11 is 1.93. The first-order chi connectivity index (χ1) is 7.14. The maximum atomic E-state index is 3.34. The second-order valence-corrected chi connectivity index (χ2v) is 5.45. The molecule has 0 saturated heterocycles. The zero-order chi connectivity index (χ0) is 11.7. The summed E-state index contributed by atoms with van der Waals surface area (Å²) in [6.45, 7) is 8.16. The van der Waals surface area contributed by atoms with Gasteiger partial charge in [-0.15, -0.1) is 0 Å². The van der Waals surface area contributed by atoms with Gasteiger partial charge in [0.05, 0.1) is 0 Å². The van der Waals surface area contributed by atoms with E-state index >= 15 is 0 Å². The Labute approximate surface area is 100 Å². The number of thioether (sulfide) groups is 1. The molecule has 3 heteroatoms. The van der Waals surface area contributed by atoms with Gasteiger partial charge >= 0.3 is 0 Å². The normalized spacial score (nSPS) is 12.4. The van der Waals surface area contributed by atoms with Crippen molar-refractivity contribution in [2.75, 3.05) is 45.7 Å². The topological polar surface area (TPSA) is 15.3 Å². The summed E-state index contributed by atoms with van der Waals surface area (Å²) in [6, 6.07) is 0. The predicted molar refractivity (Wildman–Crippen MR) is 72.8 cm³/mol. The van der Waals surface area contributed by atoms with Crippen molar-refractivity contribution < 1.29 is 0 Å². The fraction of sp³-hybridized carbons (Fsp3) is 1.00. The van der Waals surface area contributed by atoms with Crippen LogP contribution in [0.3, 0.4) is 0 Å². The Morgan fingerprint density at radius 1 is 1.27 bits per heavy atom. The lowest BCUT2D eigenvalue weighted by molar-refractivity contribution is 0.163. The van der Waals surface area contributed by atoms with Crippen LogP contribution in [0.1, 0.15) is 26.7 Å². The van der Waals surface area contributed by atoms with Crippen LogP contribution in [0.2, 0.25) is 0 Å². The molecule has 0 amide bonds. The van der Waals surface area contributed by atoms with Crippen molar-refractivity contribution in [3.63, 3.8) is 0 Å². The predicted octanol–water partition coefficient (Wildman–Crippen LogP) is 2.31. The van der Waals surface area contributed by atoms with Gasteiger partial charge in [0.2, 0.25) is 0 Å². The van der Waals surface area contributed by atoms with Gasteiger partial charge in [0.1, 0.15) is 0 Å². The summed E-state index contributed by atoms with van der Waals surface area (Å²) in [5.74, 6) is 1.24. The minimum atomic E-state index is 0.460. The van der Waals surface area contributed by atoms with E-state index in [9.17, 15) is 0 Å². The third-order valence-corrected chi connectivity index (χ3v) is 3.93. The van der Waals surface area contributed by atoms with E-state index in [4.69, 9.17) is 0 Å². The molecule has 0 saturated carbocycles. The summed E-state index contributed by atoms with van der Waals surface area (Å²) in [5.41, 5.74) is 0.460. The zero-order valence-corrected chi connectivity index (χ0v) is 11.9. The zero-order valence-electron chi connectivity index (χ0n) is 11.1. The Morgan fingerprint density at radius 2 is 1.87 bits per heavy atom. The summed E-state index contributed by atoms with van der Waals surface area (Å²) < 4.78 is 0. The van der Waals surface area contributed by atoms with Crippen LogP contribution in [-0.2, 0) is 0 Å². The summed E-state index contributed by atoms with van der Waals surface area (Å²) in [6.07, 6.45) is 4.69. The third-order valence-electron chi connectivity index (χ3n) is 3.33. The summed E-state index contributed by atoms with van der Waals surface area (Å²) in [5, 5.41) is 3.34. The molecule has 0 heterocycles. The lowest BCUT2D eigenvalue weighted by Gasteiger charge is -2.35. The van der Waals surface area contributed by atoms with Crippen molar-refractivity contribution >= 4 is 11.8 Å². The van der Waals surface area contributed by atoms with E-state index in [1.54, 1.807) is 0 Å². The first-order valence-electron chi connectivity index (χ1n) is 5.96. The molecule has 0 aliphatic carbocycles. The maximum Gasteiger partial charge on any atom is 0.00694 e. The fourth-order valence-corrected chi connectivity index (χ4v) is 2.55. The second-order valence-electron chi connectivity index (χ2n) is 4.47. The van der Waals surface area contributed by atoms with Crippen molar-refractivity contribution in [1.82, 2.24) is 10.2 Å². The molecule has 15 heavy (non-hydrogen) atoms. The number of hydrogen-bond acceptors (Lipinski definition) is 3. The van der Waals surface area contributed by atoms with Crippen molar-refractivity contribution in [2.24, 2.45) is 5.41 Å².